The van der Waals surface area contributed by atoms with Gasteiger partial charge in [-0.1, -0.05) is 36.4 Å². The van der Waals surface area contributed by atoms with Gasteiger partial charge in [0.25, 0.3) is 0 Å². The van der Waals surface area contributed by atoms with Crippen molar-refractivity contribution in [3.8, 4) is 11.5 Å². The third kappa shape index (κ3) is 7.67. The van der Waals surface area contributed by atoms with Gasteiger partial charge in [-0.25, -0.2) is 0 Å². The minimum atomic E-state index is -0.602. The van der Waals surface area contributed by atoms with Crippen molar-refractivity contribution in [2.75, 3.05) is 40.9 Å². The number of nitrogens with zero attached hydrogens (tertiary/aromatic N) is 3. The number of aromatic nitrogens is 2. The van der Waals surface area contributed by atoms with Gasteiger partial charge in [0.05, 0.1) is 13.3 Å². The summed E-state index contributed by atoms with van der Waals surface area (Å²) >= 11 is 0. The molecule has 0 aliphatic carbocycles. The minimum absolute atomic E-state index is 0.204. The Morgan fingerprint density at radius 2 is 1.75 bits per heavy atom. The number of benzene rings is 2. The van der Waals surface area contributed by atoms with E-state index in [4.69, 9.17) is 9.47 Å². The van der Waals surface area contributed by atoms with E-state index in [1.54, 1.807) is 7.11 Å². The normalized spacial score (nSPS) is 12.3. The largest absolute Gasteiger partial charge is 0.493 e. The van der Waals surface area contributed by atoms with Gasteiger partial charge in [-0.15, -0.1) is 0 Å². The molecule has 0 aliphatic heterocycles. The summed E-state index contributed by atoms with van der Waals surface area (Å²) in [4.78, 5) is 4.35. The smallest absolute Gasteiger partial charge is 0.161 e. The Hall–Kier alpha value is -2.87. The van der Waals surface area contributed by atoms with E-state index >= 15 is 0 Å². The van der Waals surface area contributed by atoms with Crippen LogP contribution in [0.15, 0.2) is 60.9 Å². The van der Waals surface area contributed by atoms with Gasteiger partial charge in [-0.2, -0.15) is 5.10 Å². The average Bonchev–Trinajstić information content (AvgIpc) is 3.31. The number of hydrogen-bond donors (Lipinski definition) is 2. The van der Waals surface area contributed by atoms with Crippen LogP contribution in [0.2, 0.25) is 0 Å². The Labute approximate surface area is 190 Å². The molecule has 1 aromatic heterocycles. The summed E-state index contributed by atoms with van der Waals surface area (Å²) in [6, 6.07) is 16.2. The van der Waals surface area contributed by atoms with Crippen LogP contribution in [0.3, 0.4) is 0 Å². The van der Waals surface area contributed by atoms with Gasteiger partial charge in [0, 0.05) is 32.4 Å². The van der Waals surface area contributed by atoms with Crippen molar-refractivity contribution in [3.05, 3.63) is 77.6 Å². The van der Waals surface area contributed by atoms with Gasteiger partial charge in [0.15, 0.2) is 11.5 Å². The van der Waals surface area contributed by atoms with Crippen molar-refractivity contribution in [1.82, 2.24) is 20.0 Å². The number of hydrogen-bond acceptors (Lipinski definition) is 6. The molecule has 32 heavy (non-hydrogen) atoms. The van der Waals surface area contributed by atoms with Crippen LogP contribution in [0.25, 0.3) is 0 Å². The van der Waals surface area contributed by atoms with Crippen LogP contribution in [0.5, 0.6) is 11.5 Å². The summed E-state index contributed by atoms with van der Waals surface area (Å²) in [5, 5.41) is 17.3. The van der Waals surface area contributed by atoms with Crippen LogP contribution in [-0.2, 0) is 19.5 Å². The quantitative estimate of drug-likeness (QED) is 0.427. The first-order valence-electron chi connectivity index (χ1n) is 10.9. The van der Waals surface area contributed by atoms with Crippen molar-refractivity contribution in [1.29, 1.82) is 0 Å². The van der Waals surface area contributed by atoms with Crippen LogP contribution in [0.1, 0.15) is 16.7 Å². The standard InChI is InChI=1S/C25H34N4O3/c1-28(12-11-22-14-26-27-15-22)17-21-9-10-24(31-3)25(13-21)32-19-23(30)18-29(2)16-20-7-5-4-6-8-20/h4-10,13-15,23,30H,11-12,16-19H2,1-3H3,(H,26,27). The van der Waals surface area contributed by atoms with Crippen LogP contribution in [0.4, 0.5) is 0 Å². The van der Waals surface area contributed by atoms with Gasteiger partial charge < -0.3 is 19.5 Å². The highest BCUT2D eigenvalue weighted by Crippen LogP contribution is 2.28. The molecule has 2 N–H and O–H groups in total. The molecule has 0 radical (unpaired) electrons. The maximum atomic E-state index is 10.5. The summed E-state index contributed by atoms with van der Waals surface area (Å²) in [5.41, 5.74) is 3.54. The van der Waals surface area contributed by atoms with Crippen molar-refractivity contribution >= 4 is 0 Å². The van der Waals surface area contributed by atoms with Crippen LogP contribution >= 0.6 is 0 Å². The number of ether oxygens (including phenoxy) is 2. The molecule has 0 saturated carbocycles. The van der Waals surface area contributed by atoms with Gasteiger partial charge >= 0.3 is 0 Å². The minimum Gasteiger partial charge on any atom is -0.493 e. The lowest BCUT2D eigenvalue weighted by Gasteiger charge is -2.22. The molecular weight excluding hydrogens is 404 g/mol. The third-order valence-electron chi connectivity index (χ3n) is 5.27. The zero-order valence-electron chi connectivity index (χ0n) is 19.2. The number of nitrogens with one attached hydrogen (secondary N) is 1. The van der Waals surface area contributed by atoms with Gasteiger partial charge in [-0.3, -0.25) is 10.00 Å². The topological polar surface area (TPSA) is 73.8 Å². The Morgan fingerprint density at radius 1 is 0.969 bits per heavy atom. The molecular formula is C25H34N4O3. The molecule has 0 bridgehead atoms. The van der Waals surface area contributed by atoms with E-state index in [0.717, 1.165) is 31.6 Å². The molecule has 172 valence electrons. The molecule has 0 fully saturated rings. The van der Waals surface area contributed by atoms with E-state index in [0.29, 0.717) is 18.0 Å². The van der Waals surface area contributed by atoms with Crippen molar-refractivity contribution in [2.45, 2.75) is 25.6 Å². The predicted molar refractivity (Wildman–Crippen MR) is 126 cm³/mol. The molecule has 7 nitrogen and oxygen atoms in total. The summed E-state index contributed by atoms with van der Waals surface area (Å²) in [7, 11) is 5.72. The number of H-pyrrole nitrogens is 1. The highest BCUT2D eigenvalue weighted by atomic mass is 16.5. The van der Waals surface area contributed by atoms with E-state index in [9.17, 15) is 5.11 Å². The summed E-state index contributed by atoms with van der Waals surface area (Å²) in [5.74, 6) is 1.32. The highest BCUT2D eigenvalue weighted by molar-refractivity contribution is 5.43. The predicted octanol–water partition coefficient (Wildman–Crippen LogP) is 2.96. The Bertz CT molecular complexity index is 918. The molecule has 2 aromatic carbocycles. The van der Waals surface area contributed by atoms with E-state index in [-0.39, 0.29) is 6.61 Å². The molecule has 1 atom stereocenters. The molecule has 3 aromatic rings. The Morgan fingerprint density at radius 3 is 2.47 bits per heavy atom. The Balaban J connectivity index is 1.49. The lowest BCUT2D eigenvalue weighted by molar-refractivity contribution is 0.0732. The summed E-state index contributed by atoms with van der Waals surface area (Å²) < 4.78 is 11.4. The summed E-state index contributed by atoms with van der Waals surface area (Å²) in [6.45, 7) is 3.22. The second-order valence-electron chi connectivity index (χ2n) is 8.23. The first-order valence-corrected chi connectivity index (χ1v) is 10.9. The fourth-order valence-electron chi connectivity index (χ4n) is 3.62. The molecule has 1 unspecified atom stereocenters. The van der Waals surface area contributed by atoms with Crippen LogP contribution in [0, 0.1) is 0 Å². The number of aliphatic hydroxyl groups excluding tert-OH is 1. The van der Waals surface area contributed by atoms with Crippen molar-refractivity contribution in [2.24, 2.45) is 0 Å². The van der Waals surface area contributed by atoms with E-state index < -0.39 is 6.10 Å². The monoisotopic (exact) mass is 438 g/mol. The second-order valence-corrected chi connectivity index (χ2v) is 8.23. The average molecular weight is 439 g/mol. The molecule has 0 aliphatic rings. The maximum Gasteiger partial charge on any atom is 0.161 e. The van der Waals surface area contributed by atoms with Crippen molar-refractivity contribution < 1.29 is 14.6 Å². The maximum absolute atomic E-state index is 10.5. The first-order chi connectivity index (χ1) is 15.5. The number of rotatable bonds is 13. The number of likely N-dealkylation sites (N-methyl/N-ethyl adjacent to an activating group) is 2. The molecule has 3 rings (SSSR count). The number of aromatic amines is 1. The Kier molecular flexibility index (Phi) is 9.10. The van der Waals surface area contributed by atoms with Crippen LogP contribution in [-0.4, -0.2) is 72.1 Å². The second kappa shape index (κ2) is 12.2. The zero-order valence-corrected chi connectivity index (χ0v) is 19.2. The molecule has 0 amide bonds. The highest BCUT2D eigenvalue weighted by Gasteiger charge is 2.13. The molecule has 0 saturated heterocycles. The third-order valence-corrected chi connectivity index (χ3v) is 5.27. The summed E-state index contributed by atoms with van der Waals surface area (Å²) in [6.07, 6.45) is 4.12. The van der Waals surface area contributed by atoms with E-state index in [1.165, 1.54) is 11.1 Å². The molecule has 7 heteroatoms. The fraction of sp³-hybridized carbons (Fsp3) is 0.400. The van der Waals surface area contributed by atoms with Gasteiger partial charge in [0.2, 0.25) is 0 Å². The van der Waals surface area contributed by atoms with E-state index in [1.807, 2.05) is 55.8 Å². The van der Waals surface area contributed by atoms with Gasteiger partial charge in [0.1, 0.15) is 12.7 Å². The lowest BCUT2D eigenvalue weighted by Crippen LogP contribution is -2.32. The lowest BCUT2D eigenvalue weighted by atomic mass is 10.1. The fourth-order valence-corrected chi connectivity index (χ4v) is 3.62. The molecule has 0 spiro atoms. The van der Waals surface area contributed by atoms with Crippen LogP contribution < -0.4 is 9.47 Å². The SMILES string of the molecule is COc1ccc(CN(C)CCc2cn[nH]c2)cc1OCC(O)CN(C)Cc1ccccc1. The molecule has 1 heterocycles. The van der Waals surface area contributed by atoms with E-state index in [2.05, 4.69) is 39.2 Å². The van der Waals surface area contributed by atoms with Gasteiger partial charge in [-0.05, 0) is 49.3 Å². The number of methoxy groups -OCH3 is 1. The first kappa shape index (κ1) is 23.8. The zero-order chi connectivity index (χ0) is 22.8. The number of aliphatic hydroxyl groups is 1. The van der Waals surface area contributed by atoms with Crippen molar-refractivity contribution in [3.63, 3.8) is 0 Å².